The molecule has 4 nitrogen and oxygen atoms in total. The summed E-state index contributed by atoms with van der Waals surface area (Å²) < 4.78 is 5.00. The van der Waals surface area contributed by atoms with Crippen LogP contribution in [0.1, 0.15) is 19.3 Å². The van der Waals surface area contributed by atoms with Gasteiger partial charge in [0, 0.05) is 11.3 Å². The molecule has 0 radical (unpaired) electrons. The van der Waals surface area contributed by atoms with E-state index >= 15 is 0 Å². The molecule has 0 aromatic carbocycles. The van der Waals surface area contributed by atoms with Crippen LogP contribution in [0.15, 0.2) is 6.20 Å². The molecule has 17 heavy (non-hydrogen) atoms. The fraction of sp³-hybridized carbons (Fsp3) is 0.636. The number of halogens is 1. The average molecular weight is 274 g/mol. The zero-order valence-electron chi connectivity index (χ0n) is 9.94. The summed E-state index contributed by atoms with van der Waals surface area (Å²) in [6, 6.07) is 0.776. The number of nitrogens with zero attached hydrogens (tertiary/aromatic N) is 2. The van der Waals surface area contributed by atoms with Crippen LogP contribution in [-0.2, 0) is 0 Å². The molecule has 0 spiro atoms. The van der Waals surface area contributed by atoms with Crippen molar-refractivity contribution in [1.82, 2.24) is 9.97 Å². The van der Waals surface area contributed by atoms with Crippen molar-refractivity contribution in [3.8, 4) is 6.01 Å². The van der Waals surface area contributed by atoms with Gasteiger partial charge in [-0.3, -0.25) is 0 Å². The molecule has 0 saturated heterocycles. The summed E-state index contributed by atoms with van der Waals surface area (Å²) in [5.41, 5.74) is 0. The van der Waals surface area contributed by atoms with Crippen molar-refractivity contribution in [3.63, 3.8) is 0 Å². The topological polar surface area (TPSA) is 47.0 Å². The Morgan fingerprint density at radius 3 is 3.06 bits per heavy atom. The van der Waals surface area contributed by atoms with Crippen molar-refractivity contribution in [1.29, 1.82) is 0 Å². The minimum Gasteiger partial charge on any atom is -0.467 e. The van der Waals surface area contributed by atoms with Crippen LogP contribution in [-0.4, -0.2) is 34.6 Å². The van der Waals surface area contributed by atoms with E-state index < -0.39 is 0 Å². The number of nitrogens with one attached hydrogen (secondary N) is 1. The van der Waals surface area contributed by atoms with Crippen LogP contribution in [0.5, 0.6) is 6.01 Å². The van der Waals surface area contributed by atoms with Gasteiger partial charge in [0.25, 0.3) is 0 Å². The minimum atomic E-state index is 0.343. The Kier molecular flexibility index (Phi) is 4.34. The molecule has 1 aliphatic carbocycles. The first-order valence-electron chi connectivity index (χ1n) is 5.60. The first kappa shape index (κ1) is 12.8. The lowest BCUT2D eigenvalue weighted by Gasteiger charge is -2.20. The van der Waals surface area contributed by atoms with Gasteiger partial charge in [0.05, 0.1) is 13.3 Å². The zero-order chi connectivity index (χ0) is 12.3. The van der Waals surface area contributed by atoms with E-state index in [1.54, 1.807) is 13.3 Å². The Labute approximate surface area is 111 Å². The second kappa shape index (κ2) is 5.78. The maximum absolute atomic E-state index is 6.07. The highest BCUT2D eigenvalue weighted by Gasteiger charge is 2.27. The second-order valence-electron chi connectivity index (χ2n) is 4.01. The van der Waals surface area contributed by atoms with E-state index in [0.717, 1.165) is 6.42 Å². The van der Waals surface area contributed by atoms with Crippen molar-refractivity contribution < 1.29 is 4.74 Å². The molecule has 2 unspecified atom stereocenters. The highest BCUT2D eigenvalue weighted by atomic mass is 35.5. The Hall–Kier alpha value is -0.680. The molecule has 1 fully saturated rings. The summed E-state index contributed by atoms with van der Waals surface area (Å²) in [5, 5.41) is 4.57. The maximum Gasteiger partial charge on any atom is 0.318 e. The molecule has 1 aromatic rings. The Morgan fingerprint density at radius 2 is 2.35 bits per heavy atom. The Bertz CT molecular complexity index is 391. The highest BCUT2D eigenvalue weighted by molar-refractivity contribution is 7.99. The summed E-state index contributed by atoms with van der Waals surface area (Å²) in [5.74, 6) is 0.671. The molecule has 1 heterocycles. The molecule has 2 rings (SSSR count). The third kappa shape index (κ3) is 2.96. The predicted molar refractivity (Wildman–Crippen MR) is 72.2 cm³/mol. The van der Waals surface area contributed by atoms with Crippen molar-refractivity contribution >= 4 is 29.2 Å². The normalized spacial score (nSPS) is 23.7. The van der Waals surface area contributed by atoms with E-state index in [9.17, 15) is 0 Å². The van der Waals surface area contributed by atoms with Crippen LogP contribution >= 0.6 is 23.4 Å². The van der Waals surface area contributed by atoms with E-state index in [4.69, 9.17) is 16.3 Å². The SMILES string of the molecule is COc1ncc(Cl)c(NC2CCCC2SC)n1. The number of hydrogen-bond donors (Lipinski definition) is 1. The summed E-state index contributed by atoms with van der Waals surface area (Å²) in [6.07, 6.45) is 7.38. The molecule has 1 saturated carbocycles. The van der Waals surface area contributed by atoms with Crippen LogP contribution in [0.25, 0.3) is 0 Å². The average Bonchev–Trinajstić information content (AvgIpc) is 2.79. The van der Waals surface area contributed by atoms with Crippen LogP contribution in [0.3, 0.4) is 0 Å². The lowest BCUT2D eigenvalue weighted by Crippen LogP contribution is -2.26. The molecule has 6 heteroatoms. The maximum atomic E-state index is 6.07. The number of thioether (sulfide) groups is 1. The second-order valence-corrected chi connectivity index (χ2v) is 5.49. The van der Waals surface area contributed by atoms with Crippen LogP contribution < -0.4 is 10.1 Å². The summed E-state index contributed by atoms with van der Waals surface area (Å²) in [6.45, 7) is 0. The first-order chi connectivity index (χ1) is 8.24. The van der Waals surface area contributed by atoms with Gasteiger partial charge in [-0.15, -0.1) is 0 Å². The van der Waals surface area contributed by atoms with Gasteiger partial charge < -0.3 is 10.1 Å². The van der Waals surface area contributed by atoms with Gasteiger partial charge in [0.15, 0.2) is 5.82 Å². The van der Waals surface area contributed by atoms with Gasteiger partial charge in [-0.25, -0.2) is 4.98 Å². The lowest BCUT2D eigenvalue weighted by atomic mass is 10.2. The smallest absolute Gasteiger partial charge is 0.318 e. The zero-order valence-corrected chi connectivity index (χ0v) is 11.5. The van der Waals surface area contributed by atoms with E-state index in [1.807, 2.05) is 11.8 Å². The number of methoxy groups -OCH3 is 1. The van der Waals surface area contributed by atoms with Gasteiger partial charge in [-0.2, -0.15) is 16.7 Å². The molecule has 0 aliphatic heterocycles. The van der Waals surface area contributed by atoms with Crippen molar-refractivity contribution in [3.05, 3.63) is 11.2 Å². The lowest BCUT2D eigenvalue weighted by molar-refractivity contribution is 0.380. The predicted octanol–water partition coefficient (Wildman–Crippen LogP) is 2.83. The van der Waals surface area contributed by atoms with E-state index in [0.29, 0.717) is 28.1 Å². The largest absolute Gasteiger partial charge is 0.467 e. The molecule has 1 aliphatic rings. The molecule has 0 amide bonds. The van der Waals surface area contributed by atoms with E-state index in [1.165, 1.54) is 12.8 Å². The van der Waals surface area contributed by atoms with E-state index in [2.05, 4.69) is 21.5 Å². The molecule has 0 bridgehead atoms. The Morgan fingerprint density at radius 1 is 1.53 bits per heavy atom. The number of rotatable bonds is 4. The quantitative estimate of drug-likeness (QED) is 0.914. The van der Waals surface area contributed by atoms with Crippen LogP contribution in [0.4, 0.5) is 5.82 Å². The summed E-state index contributed by atoms with van der Waals surface area (Å²) in [7, 11) is 1.55. The van der Waals surface area contributed by atoms with Gasteiger partial charge >= 0.3 is 6.01 Å². The van der Waals surface area contributed by atoms with E-state index in [-0.39, 0.29) is 0 Å². The Balaban J connectivity index is 2.12. The summed E-state index contributed by atoms with van der Waals surface area (Å²) in [4.78, 5) is 8.20. The third-order valence-corrected chi connectivity index (χ3v) is 4.43. The van der Waals surface area contributed by atoms with Gasteiger partial charge in [0.1, 0.15) is 5.02 Å². The van der Waals surface area contributed by atoms with Gasteiger partial charge in [-0.1, -0.05) is 18.0 Å². The van der Waals surface area contributed by atoms with Crippen molar-refractivity contribution in [2.45, 2.75) is 30.6 Å². The molecular weight excluding hydrogens is 258 g/mol. The molecular formula is C11H16ClN3OS. The van der Waals surface area contributed by atoms with Gasteiger partial charge in [-0.05, 0) is 19.1 Å². The number of aromatic nitrogens is 2. The first-order valence-corrected chi connectivity index (χ1v) is 7.27. The fourth-order valence-electron chi connectivity index (χ4n) is 2.10. The highest BCUT2D eigenvalue weighted by Crippen LogP contribution is 2.32. The fourth-order valence-corrected chi connectivity index (χ4v) is 3.18. The van der Waals surface area contributed by atoms with Crippen LogP contribution in [0, 0.1) is 0 Å². The molecule has 94 valence electrons. The van der Waals surface area contributed by atoms with Crippen molar-refractivity contribution in [2.75, 3.05) is 18.7 Å². The number of anilines is 1. The van der Waals surface area contributed by atoms with Crippen molar-refractivity contribution in [2.24, 2.45) is 0 Å². The summed E-state index contributed by atoms with van der Waals surface area (Å²) >= 11 is 7.97. The minimum absolute atomic E-state index is 0.343. The molecule has 1 aromatic heterocycles. The standard InChI is InChI=1S/C11H16ClN3OS/c1-16-11-13-6-7(12)10(15-11)14-8-4-3-5-9(8)17-2/h6,8-9H,3-5H2,1-2H3,(H,13,14,15). The number of hydrogen-bond acceptors (Lipinski definition) is 5. The number of ether oxygens (including phenoxy) is 1. The van der Waals surface area contributed by atoms with Crippen LogP contribution in [0.2, 0.25) is 5.02 Å². The monoisotopic (exact) mass is 273 g/mol. The third-order valence-electron chi connectivity index (χ3n) is 2.98. The molecule has 2 atom stereocenters. The van der Waals surface area contributed by atoms with Gasteiger partial charge in [0.2, 0.25) is 0 Å². The molecule has 1 N–H and O–H groups in total.